The number of hydrogen-bond acceptors (Lipinski definition) is 3. The quantitative estimate of drug-likeness (QED) is 0.562. The Morgan fingerprint density at radius 2 is 2.06 bits per heavy atom. The first-order valence-electron chi connectivity index (χ1n) is 6.64. The van der Waals surface area contributed by atoms with Crippen molar-refractivity contribution in [1.82, 2.24) is 4.90 Å². The molecule has 0 saturated heterocycles. The standard InChI is InChI=1S/C14H25N3S/c1-4-12-5-6-13(18-12)10-17(9-11(2)3)8-7-14(15)16/h5-6,11H,4,7-10H2,1-3H3,(H3,15,16). The van der Waals surface area contributed by atoms with Gasteiger partial charge in [0.05, 0.1) is 5.84 Å². The molecule has 102 valence electrons. The average Bonchev–Trinajstić information content (AvgIpc) is 2.73. The Kier molecular flexibility index (Phi) is 6.36. The molecule has 3 N–H and O–H groups in total. The molecule has 1 rings (SSSR count). The van der Waals surface area contributed by atoms with E-state index in [1.807, 2.05) is 11.3 Å². The van der Waals surface area contributed by atoms with Crippen molar-refractivity contribution < 1.29 is 0 Å². The minimum absolute atomic E-state index is 0.282. The van der Waals surface area contributed by atoms with E-state index >= 15 is 0 Å². The number of thiophene rings is 1. The summed E-state index contributed by atoms with van der Waals surface area (Å²) in [5.74, 6) is 0.923. The van der Waals surface area contributed by atoms with Crippen LogP contribution in [0.5, 0.6) is 0 Å². The predicted molar refractivity (Wildman–Crippen MR) is 80.3 cm³/mol. The molecule has 4 heteroatoms. The van der Waals surface area contributed by atoms with Gasteiger partial charge in [-0.3, -0.25) is 10.3 Å². The molecule has 0 fully saturated rings. The largest absolute Gasteiger partial charge is 0.388 e. The molecule has 0 aliphatic carbocycles. The van der Waals surface area contributed by atoms with Gasteiger partial charge in [0.1, 0.15) is 0 Å². The van der Waals surface area contributed by atoms with Crippen LogP contribution in [0.1, 0.15) is 36.9 Å². The van der Waals surface area contributed by atoms with Crippen molar-refractivity contribution in [2.45, 2.75) is 40.2 Å². The normalized spacial score (nSPS) is 11.4. The van der Waals surface area contributed by atoms with Gasteiger partial charge >= 0.3 is 0 Å². The molecule has 0 aliphatic heterocycles. The second-order valence-electron chi connectivity index (χ2n) is 5.13. The predicted octanol–water partition coefficient (Wildman–Crippen LogP) is 3.09. The molecule has 18 heavy (non-hydrogen) atoms. The first-order valence-corrected chi connectivity index (χ1v) is 7.45. The molecule has 0 aliphatic rings. The smallest absolute Gasteiger partial charge is 0.0918 e. The lowest BCUT2D eigenvalue weighted by atomic mass is 10.2. The van der Waals surface area contributed by atoms with Crippen molar-refractivity contribution in [1.29, 1.82) is 5.41 Å². The fourth-order valence-corrected chi connectivity index (χ4v) is 2.95. The maximum Gasteiger partial charge on any atom is 0.0918 e. The van der Waals surface area contributed by atoms with E-state index in [1.54, 1.807) is 0 Å². The van der Waals surface area contributed by atoms with Crippen molar-refractivity contribution in [3.8, 4) is 0 Å². The number of nitrogens with zero attached hydrogens (tertiary/aromatic N) is 1. The van der Waals surface area contributed by atoms with Gasteiger partial charge in [0.2, 0.25) is 0 Å². The highest BCUT2D eigenvalue weighted by molar-refractivity contribution is 7.11. The molecular weight excluding hydrogens is 242 g/mol. The van der Waals surface area contributed by atoms with E-state index in [4.69, 9.17) is 11.1 Å². The summed E-state index contributed by atoms with van der Waals surface area (Å²) in [7, 11) is 0. The van der Waals surface area contributed by atoms with Gasteiger partial charge in [-0.05, 0) is 24.5 Å². The second-order valence-corrected chi connectivity index (χ2v) is 6.38. The summed E-state index contributed by atoms with van der Waals surface area (Å²) in [6.07, 6.45) is 1.78. The monoisotopic (exact) mass is 267 g/mol. The third-order valence-electron chi connectivity index (χ3n) is 2.77. The van der Waals surface area contributed by atoms with Gasteiger partial charge in [-0.2, -0.15) is 0 Å². The topological polar surface area (TPSA) is 53.1 Å². The third-order valence-corrected chi connectivity index (χ3v) is 3.98. The highest BCUT2D eigenvalue weighted by Gasteiger charge is 2.10. The van der Waals surface area contributed by atoms with Crippen LogP contribution in [0.3, 0.4) is 0 Å². The lowest BCUT2D eigenvalue weighted by molar-refractivity contribution is 0.244. The van der Waals surface area contributed by atoms with Crippen LogP contribution in [0.15, 0.2) is 12.1 Å². The van der Waals surface area contributed by atoms with E-state index in [-0.39, 0.29) is 5.84 Å². The molecule has 0 aromatic carbocycles. The first-order chi connectivity index (χ1) is 8.51. The fourth-order valence-electron chi connectivity index (χ4n) is 1.95. The third kappa shape index (κ3) is 5.65. The maximum absolute atomic E-state index is 7.34. The summed E-state index contributed by atoms with van der Waals surface area (Å²) in [6.45, 7) is 9.58. The Morgan fingerprint density at radius 3 is 2.56 bits per heavy atom. The SMILES string of the molecule is CCc1ccc(CN(CCC(=N)N)CC(C)C)s1. The van der Waals surface area contributed by atoms with Gasteiger partial charge in [-0.25, -0.2) is 0 Å². The molecular formula is C14H25N3S. The van der Waals surface area contributed by atoms with Gasteiger partial charge in [-0.1, -0.05) is 20.8 Å². The van der Waals surface area contributed by atoms with Crippen molar-refractivity contribution in [2.75, 3.05) is 13.1 Å². The van der Waals surface area contributed by atoms with Crippen LogP contribution >= 0.6 is 11.3 Å². The molecule has 0 amide bonds. The lowest BCUT2D eigenvalue weighted by Crippen LogP contribution is -2.30. The van der Waals surface area contributed by atoms with E-state index in [9.17, 15) is 0 Å². The maximum atomic E-state index is 7.34. The molecule has 0 radical (unpaired) electrons. The molecule has 0 spiro atoms. The highest BCUT2D eigenvalue weighted by Crippen LogP contribution is 2.19. The van der Waals surface area contributed by atoms with Crippen molar-refractivity contribution in [3.63, 3.8) is 0 Å². The van der Waals surface area contributed by atoms with Crippen LogP contribution in [0.25, 0.3) is 0 Å². The Bertz CT molecular complexity index is 371. The van der Waals surface area contributed by atoms with Crippen molar-refractivity contribution in [2.24, 2.45) is 11.7 Å². The number of rotatable bonds is 8. The lowest BCUT2D eigenvalue weighted by Gasteiger charge is -2.23. The molecule has 0 atom stereocenters. The van der Waals surface area contributed by atoms with Crippen molar-refractivity contribution in [3.05, 3.63) is 21.9 Å². The molecule has 1 heterocycles. The van der Waals surface area contributed by atoms with Gasteiger partial charge in [-0.15, -0.1) is 11.3 Å². The van der Waals surface area contributed by atoms with Gasteiger partial charge in [0, 0.05) is 35.8 Å². The van der Waals surface area contributed by atoms with E-state index in [0.29, 0.717) is 12.3 Å². The van der Waals surface area contributed by atoms with Gasteiger partial charge in [0.25, 0.3) is 0 Å². The Labute approximate surface area is 115 Å². The number of amidine groups is 1. The molecule has 0 unspecified atom stereocenters. The summed E-state index contributed by atoms with van der Waals surface area (Å²) in [5, 5.41) is 7.34. The average molecular weight is 267 g/mol. The first kappa shape index (κ1) is 15.2. The van der Waals surface area contributed by atoms with E-state index < -0.39 is 0 Å². The minimum Gasteiger partial charge on any atom is -0.388 e. The number of aryl methyl sites for hydroxylation is 1. The Hall–Kier alpha value is -0.870. The van der Waals surface area contributed by atoms with Crippen LogP contribution in [0, 0.1) is 11.3 Å². The summed E-state index contributed by atoms with van der Waals surface area (Å²) < 4.78 is 0. The van der Waals surface area contributed by atoms with E-state index in [1.165, 1.54) is 9.75 Å². The highest BCUT2D eigenvalue weighted by atomic mass is 32.1. The zero-order valence-corrected chi connectivity index (χ0v) is 12.5. The van der Waals surface area contributed by atoms with Crippen LogP contribution in [0.4, 0.5) is 0 Å². The Morgan fingerprint density at radius 1 is 1.39 bits per heavy atom. The zero-order chi connectivity index (χ0) is 13.5. The number of hydrogen-bond donors (Lipinski definition) is 2. The van der Waals surface area contributed by atoms with Crippen LogP contribution < -0.4 is 5.73 Å². The molecule has 0 bridgehead atoms. The van der Waals surface area contributed by atoms with E-state index in [2.05, 4.69) is 37.8 Å². The molecule has 3 nitrogen and oxygen atoms in total. The second kappa shape index (κ2) is 7.54. The summed E-state index contributed by atoms with van der Waals surface area (Å²) >= 11 is 1.90. The number of nitrogens with one attached hydrogen (secondary N) is 1. The van der Waals surface area contributed by atoms with Gasteiger partial charge in [0.15, 0.2) is 0 Å². The van der Waals surface area contributed by atoms with Gasteiger partial charge < -0.3 is 5.73 Å². The van der Waals surface area contributed by atoms with Crippen LogP contribution in [0.2, 0.25) is 0 Å². The van der Waals surface area contributed by atoms with Crippen LogP contribution in [-0.2, 0) is 13.0 Å². The molecule has 1 aromatic rings. The zero-order valence-electron chi connectivity index (χ0n) is 11.7. The summed E-state index contributed by atoms with van der Waals surface area (Å²) in [6, 6.07) is 4.45. The van der Waals surface area contributed by atoms with Crippen molar-refractivity contribution >= 4 is 17.2 Å². The summed E-state index contributed by atoms with van der Waals surface area (Å²) in [4.78, 5) is 5.26. The fraction of sp³-hybridized carbons (Fsp3) is 0.643. The number of nitrogens with two attached hydrogens (primary N) is 1. The Balaban J connectivity index is 2.56. The molecule has 1 aromatic heterocycles. The van der Waals surface area contributed by atoms with E-state index in [0.717, 1.165) is 26.1 Å². The van der Waals surface area contributed by atoms with Crippen LogP contribution in [-0.4, -0.2) is 23.8 Å². The summed E-state index contributed by atoms with van der Waals surface area (Å²) in [5.41, 5.74) is 5.45. The molecule has 0 saturated carbocycles. The minimum atomic E-state index is 0.282.